The average molecular weight is 438 g/mol. The van der Waals surface area contributed by atoms with Crippen molar-refractivity contribution in [2.24, 2.45) is 0 Å². The number of aromatic nitrogens is 3. The van der Waals surface area contributed by atoms with E-state index in [0.29, 0.717) is 16.3 Å². The molecule has 6 nitrogen and oxygen atoms in total. The summed E-state index contributed by atoms with van der Waals surface area (Å²) in [5, 5.41) is 10.4. The van der Waals surface area contributed by atoms with Crippen LogP contribution in [0.1, 0.15) is 15.4 Å². The van der Waals surface area contributed by atoms with Gasteiger partial charge in [0.15, 0.2) is 5.78 Å². The van der Waals surface area contributed by atoms with Crippen molar-refractivity contribution in [2.75, 3.05) is 20.0 Å². The van der Waals surface area contributed by atoms with Crippen LogP contribution < -0.4 is 9.47 Å². The molecule has 0 spiro atoms. The highest BCUT2D eigenvalue weighted by atomic mass is 32.2. The molecule has 0 N–H and O–H groups in total. The molecular weight excluding hydrogens is 418 g/mol. The summed E-state index contributed by atoms with van der Waals surface area (Å²) in [5.41, 5.74) is 3.06. The number of methoxy groups -OCH3 is 2. The second-order valence-electron chi connectivity index (χ2n) is 6.44. The predicted molar refractivity (Wildman–Crippen MR) is 120 cm³/mol. The van der Waals surface area contributed by atoms with E-state index in [9.17, 15) is 4.79 Å². The number of ketones is 1. The van der Waals surface area contributed by atoms with Crippen molar-refractivity contribution >= 4 is 39.1 Å². The van der Waals surface area contributed by atoms with Gasteiger partial charge in [-0.15, -0.1) is 21.5 Å². The smallest absolute Gasteiger partial charge is 0.173 e. The number of hydrogen-bond donors (Lipinski definition) is 0. The number of thioether (sulfide) groups is 1. The molecule has 2 aromatic carbocycles. The van der Waals surface area contributed by atoms with Crippen molar-refractivity contribution in [3.05, 3.63) is 59.1 Å². The van der Waals surface area contributed by atoms with Crippen LogP contribution in [0.2, 0.25) is 0 Å². The molecular formula is C22H19N3O3S2. The molecule has 0 amide bonds. The normalized spacial score (nSPS) is 10.9. The fourth-order valence-corrected chi connectivity index (χ4v) is 4.80. The zero-order valence-electron chi connectivity index (χ0n) is 16.7. The second-order valence-corrected chi connectivity index (χ2v) is 8.61. The number of carbonyl (C=O) groups excluding carboxylic acids is 1. The Morgan fingerprint density at radius 3 is 2.53 bits per heavy atom. The van der Waals surface area contributed by atoms with E-state index in [1.807, 2.05) is 43.3 Å². The number of benzene rings is 2. The third-order valence-corrected chi connectivity index (χ3v) is 6.40. The molecule has 0 aliphatic carbocycles. The average Bonchev–Trinajstić information content (AvgIpc) is 3.18. The molecule has 0 aliphatic heterocycles. The van der Waals surface area contributed by atoms with Crippen LogP contribution in [0.5, 0.6) is 11.5 Å². The van der Waals surface area contributed by atoms with Crippen molar-refractivity contribution in [3.63, 3.8) is 0 Å². The zero-order valence-corrected chi connectivity index (χ0v) is 18.3. The van der Waals surface area contributed by atoms with Crippen LogP contribution >= 0.6 is 23.1 Å². The van der Waals surface area contributed by atoms with Gasteiger partial charge in [-0.25, -0.2) is 4.98 Å². The SMILES string of the molecule is COc1cccc(C(=O)CSc2nnc(-c3cccc(OC)c3)c3sc(C)nc23)c1. The van der Waals surface area contributed by atoms with Gasteiger partial charge in [0.1, 0.15) is 27.7 Å². The van der Waals surface area contributed by atoms with E-state index in [-0.39, 0.29) is 11.5 Å². The number of aryl methyl sites for hydroxylation is 1. The summed E-state index contributed by atoms with van der Waals surface area (Å²) in [6.45, 7) is 1.95. The lowest BCUT2D eigenvalue weighted by Gasteiger charge is -2.07. The highest BCUT2D eigenvalue weighted by Crippen LogP contribution is 2.36. The van der Waals surface area contributed by atoms with Crippen LogP contribution in [0.15, 0.2) is 53.6 Å². The molecule has 0 bridgehead atoms. The van der Waals surface area contributed by atoms with Crippen LogP contribution in [-0.2, 0) is 0 Å². The Bertz CT molecular complexity index is 1220. The lowest BCUT2D eigenvalue weighted by atomic mass is 10.1. The third kappa shape index (κ3) is 4.15. The summed E-state index contributed by atoms with van der Waals surface area (Å²) >= 11 is 2.91. The lowest BCUT2D eigenvalue weighted by Crippen LogP contribution is -2.03. The molecule has 0 atom stereocenters. The van der Waals surface area contributed by atoms with E-state index in [0.717, 1.165) is 32.2 Å². The number of carbonyl (C=O) groups is 1. The van der Waals surface area contributed by atoms with Crippen molar-refractivity contribution in [2.45, 2.75) is 11.9 Å². The Morgan fingerprint density at radius 1 is 1.03 bits per heavy atom. The molecule has 0 saturated carbocycles. The molecule has 0 unspecified atom stereocenters. The molecule has 0 saturated heterocycles. The maximum absolute atomic E-state index is 12.6. The van der Waals surface area contributed by atoms with Crippen LogP contribution in [0.4, 0.5) is 0 Å². The number of nitrogens with zero attached hydrogens (tertiary/aromatic N) is 3. The van der Waals surface area contributed by atoms with E-state index >= 15 is 0 Å². The first-order valence-corrected chi connectivity index (χ1v) is 11.0. The highest BCUT2D eigenvalue weighted by Gasteiger charge is 2.18. The van der Waals surface area contributed by atoms with Gasteiger partial charge < -0.3 is 9.47 Å². The number of thiazole rings is 1. The van der Waals surface area contributed by atoms with Gasteiger partial charge in [-0.3, -0.25) is 4.79 Å². The first-order chi connectivity index (χ1) is 14.6. The van der Waals surface area contributed by atoms with E-state index < -0.39 is 0 Å². The van der Waals surface area contributed by atoms with Crippen molar-refractivity contribution in [1.29, 1.82) is 0 Å². The molecule has 0 aliphatic rings. The van der Waals surface area contributed by atoms with Crippen LogP contribution in [0, 0.1) is 6.92 Å². The third-order valence-electron chi connectivity index (χ3n) is 4.47. The summed E-state index contributed by atoms with van der Waals surface area (Å²) in [5.74, 6) is 1.65. The Kier molecular flexibility index (Phi) is 5.96. The van der Waals surface area contributed by atoms with E-state index in [1.165, 1.54) is 11.8 Å². The first-order valence-electron chi connectivity index (χ1n) is 9.17. The van der Waals surface area contributed by atoms with Gasteiger partial charge in [-0.2, -0.15) is 0 Å². The number of hydrogen-bond acceptors (Lipinski definition) is 8. The zero-order chi connectivity index (χ0) is 21.1. The van der Waals surface area contributed by atoms with Crippen molar-refractivity contribution in [3.8, 4) is 22.8 Å². The van der Waals surface area contributed by atoms with Crippen LogP contribution in [0.3, 0.4) is 0 Å². The lowest BCUT2D eigenvalue weighted by molar-refractivity contribution is 0.102. The quantitative estimate of drug-likeness (QED) is 0.296. The summed E-state index contributed by atoms with van der Waals surface area (Å²) in [4.78, 5) is 17.3. The van der Waals surface area contributed by atoms with Gasteiger partial charge in [0, 0.05) is 11.1 Å². The number of ether oxygens (including phenoxy) is 2. The molecule has 2 aromatic heterocycles. The fraction of sp³-hybridized carbons (Fsp3) is 0.182. The van der Waals surface area contributed by atoms with Crippen molar-refractivity contribution in [1.82, 2.24) is 15.2 Å². The summed E-state index contributed by atoms with van der Waals surface area (Å²) in [6.07, 6.45) is 0. The van der Waals surface area contributed by atoms with Gasteiger partial charge in [-0.05, 0) is 31.2 Å². The topological polar surface area (TPSA) is 74.2 Å². The minimum absolute atomic E-state index is 0.00215. The maximum atomic E-state index is 12.6. The Morgan fingerprint density at radius 2 is 1.77 bits per heavy atom. The van der Waals surface area contributed by atoms with Gasteiger partial charge in [-0.1, -0.05) is 36.0 Å². The van der Waals surface area contributed by atoms with Gasteiger partial charge in [0.05, 0.1) is 29.7 Å². The van der Waals surface area contributed by atoms with Gasteiger partial charge in [0.25, 0.3) is 0 Å². The molecule has 0 radical (unpaired) electrons. The van der Waals surface area contributed by atoms with E-state index in [2.05, 4.69) is 15.2 Å². The minimum atomic E-state index is -0.00215. The number of Topliss-reactive ketones (excluding diaryl/α,β-unsaturated/α-hetero) is 1. The van der Waals surface area contributed by atoms with Gasteiger partial charge in [0.2, 0.25) is 0 Å². The Hall–Kier alpha value is -2.97. The Labute approximate surface area is 182 Å². The Balaban J connectivity index is 1.63. The second kappa shape index (κ2) is 8.81. The molecule has 2 heterocycles. The number of rotatable bonds is 7. The molecule has 152 valence electrons. The predicted octanol–water partition coefficient (Wildman–Crippen LogP) is 5.05. The fourth-order valence-electron chi connectivity index (χ4n) is 2.99. The largest absolute Gasteiger partial charge is 0.497 e. The summed E-state index contributed by atoms with van der Waals surface area (Å²) < 4.78 is 11.5. The molecule has 0 fully saturated rings. The van der Waals surface area contributed by atoms with Gasteiger partial charge >= 0.3 is 0 Å². The maximum Gasteiger partial charge on any atom is 0.173 e. The van der Waals surface area contributed by atoms with E-state index in [1.54, 1.807) is 37.7 Å². The van der Waals surface area contributed by atoms with E-state index in [4.69, 9.17) is 9.47 Å². The highest BCUT2D eigenvalue weighted by molar-refractivity contribution is 8.00. The van der Waals surface area contributed by atoms with Crippen LogP contribution in [-0.4, -0.2) is 40.9 Å². The monoisotopic (exact) mass is 437 g/mol. The summed E-state index contributed by atoms with van der Waals surface area (Å²) in [7, 11) is 3.22. The number of fused-ring (bicyclic) bond motifs is 1. The minimum Gasteiger partial charge on any atom is -0.497 e. The first kappa shape index (κ1) is 20.3. The van der Waals surface area contributed by atoms with Crippen molar-refractivity contribution < 1.29 is 14.3 Å². The molecule has 8 heteroatoms. The van der Waals surface area contributed by atoms with Crippen LogP contribution in [0.25, 0.3) is 21.5 Å². The molecule has 30 heavy (non-hydrogen) atoms. The standard InChI is InChI=1S/C22H19N3O3S2/c1-13-23-20-21(30-13)19(15-7-5-9-17(11-15)28-3)24-25-22(20)29-12-18(26)14-6-4-8-16(10-14)27-2/h4-11H,12H2,1-3H3. The molecule has 4 aromatic rings. The molecule has 4 rings (SSSR count). The summed E-state index contributed by atoms with van der Waals surface area (Å²) in [6, 6.07) is 14.9.